The van der Waals surface area contributed by atoms with Crippen LogP contribution in [-0.2, 0) is 22.4 Å². The molecule has 7 nitrogen and oxygen atoms in total. The van der Waals surface area contributed by atoms with Crippen LogP contribution >= 0.6 is 11.8 Å². The number of nitrogens with zero attached hydrogens (tertiary/aromatic N) is 1. The molecule has 29 heavy (non-hydrogen) atoms. The zero-order valence-electron chi connectivity index (χ0n) is 15.7. The highest BCUT2D eigenvalue weighted by Crippen LogP contribution is 2.24. The lowest BCUT2D eigenvalue weighted by atomic mass is 10.1. The molecular weight excluding hydrogens is 390 g/mol. The van der Waals surface area contributed by atoms with Crippen molar-refractivity contribution in [2.75, 3.05) is 5.75 Å². The lowest BCUT2D eigenvalue weighted by Gasteiger charge is -2.06. The fraction of sp³-hybridized carbons (Fsp3) is 0.190. The predicted molar refractivity (Wildman–Crippen MR) is 110 cm³/mol. The fourth-order valence-corrected chi connectivity index (χ4v) is 3.56. The van der Waals surface area contributed by atoms with Crippen molar-refractivity contribution in [2.24, 2.45) is 0 Å². The van der Waals surface area contributed by atoms with Crippen LogP contribution in [0.2, 0.25) is 0 Å². The van der Waals surface area contributed by atoms with E-state index in [4.69, 9.17) is 8.83 Å². The highest BCUT2D eigenvalue weighted by Gasteiger charge is 2.13. The van der Waals surface area contributed by atoms with Gasteiger partial charge in [-0.2, -0.15) is 0 Å². The Morgan fingerprint density at radius 1 is 1.07 bits per heavy atom. The van der Waals surface area contributed by atoms with Crippen LogP contribution in [-0.4, -0.2) is 22.6 Å². The van der Waals surface area contributed by atoms with E-state index >= 15 is 0 Å². The quantitative estimate of drug-likeness (QED) is 0.373. The number of furan rings is 1. The van der Waals surface area contributed by atoms with Gasteiger partial charge in [0.2, 0.25) is 11.8 Å². The van der Waals surface area contributed by atoms with E-state index in [2.05, 4.69) is 22.8 Å². The third kappa shape index (κ3) is 4.43. The molecule has 148 valence electrons. The van der Waals surface area contributed by atoms with Gasteiger partial charge in [-0.05, 0) is 30.2 Å². The van der Waals surface area contributed by atoms with Crippen molar-refractivity contribution in [1.29, 1.82) is 0 Å². The summed E-state index contributed by atoms with van der Waals surface area (Å²) in [7, 11) is 0. The maximum absolute atomic E-state index is 12.2. The average molecular weight is 409 g/mol. The summed E-state index contributed by atoms with van der Waals surface area (Å²) in [4.78, 5) is 28.4. The number of oxazole rings is 1. The fourth-order valence-electron chi connectivity index (χ4n) is 2.92. The normalized spacial score (nSPS) is 11.1. The number of thioether (sulfide) groups is 1. The van der Waals surface area contributed by atoms with Crippen LogP contribution in [0.5, 0.6) is 0 Å². The number of amides is 2. The largest absolute Gasteiger partial charge is 0.464 e. The Kier molecular flexibility index (Phi) is 5.53. The van der Waals surface area contributed by atoms with E-state index in [-0.39, 0.29) is 24.0 Å². The van der Waals surface area contributed by atoms with Crippen molar-refractivity contribution in [3.63, 3.8) is 0 Å². The van der Waals surface area contributed by atoms with Crippen LogP contribution in [0.15, 0.2) is 62.8 Å². The number of aromatic nitrogens is 1. The first kappa shape index (κ1) is 19.1. The Hall–Kier alpha value is -3.26. The van der Waals surface area contributed by atoms with Crippen LogP contribution in [0.4, 0.5) is 0 Å². The Morgan fingerprint density at radius 2 is 1.90 bits per heavy atom. The van der Waals surface area contributed by atoms with Crippen molar-refractivity contribution in [1.82, 2.24) is 15.8 Å². The van der Waals surface area contributed by atoms with Gasteiger partial charge in [0.25, 0.3) is 5.22 Å². The van der Waals surface area contributed by atoms with Crippen LogP contribution in [0.3, 0.4) is 0 Å². The number of para-hydroxylation sites is 2. The second kappa shape index (κ2) is 8.40. The minimum absolute atomic E-state index is 0.0710. The molecule has 0 saturated carbocycles. The number of hydrogen-bond acceptors (Lipinski definition) is 6. The van der Waals surface area contributed by atoms with E-state index in [9.17, 15) is 9.59 Å². The third-order valence-electron chi connectivity index (χ3n) is 4.42. The van der Waals surface area contributed by atoms with E-state index in [0.717, 1.165) is 40.2 Å². The lowest BCUT2D eigenvalue weighted by molar-refractivity contribution is -0.127. The number of carbonyl (C=O) groups excluding carboxylic acids is 2. The SMILES string of the molecule is CCc1ccc2c(CC(=O)NNC(=O)CSc3nc4ccccc4o3)coc2c1. The molecule has 0 aliphatic carbocycles. The van der Waals surface area contributed by atoms with Gasteiger partial charge >= 0.3 is 0 Å². The third-order valence-corrected chi connectivity index (χ3v) is 5.25. The van der Waals surface area contributed by atoms with Gasteiger partial charge in [0.15, 0.2) is 5.58 Å². The molecule has 2 aromatic carbocycles. The van der Waals surface area contributed by atoms with E-state index in [1.54, 1.807) is 6.26 Å². The highest BCUT2D eigenvalue weighted by atomic mass is 32.2. The summed E-state index contributed by atoms with van der Waals surface area (Å²) >= 11 is 1.16. The van der Waals surface area contributed by atoms with Crippen molar-refractivity contribution in [3.8, 4) is 0 Å². The Morgan fingerprint density at radius 3 is 2.72 bits per heavy atom. The van der Waals surface area contributed by atoms with E-state index in [1.165, 1.54) is 5.56 Å². The van der Waals surface area contributed by atoms with E-state index in [1.807, 2.05) is 42.5 Å². The Labute approximate surface area is 170 Å². The number of carbonyl (C=O) groups is 2. The van der Waals surface area contributed by atoms with Gasteiger partial charge in [-0.3, -0.25) is 20.4 Å². The number of hydrogen-bond donors (Lipinski definition) is 2. The number of rotatable bonds is 6. The number of benzene rings is 2. The molecule has 0 fully saturated rings. The van der Waals surface area contributed by atoms with Crippen molar-refractivity contribution in [2.45, 2.75) is 25.0 Å². The van der Waals surface area contributed by atoms with Crippen LogP contribution in [0, 0.1) is 0 Å². The summed E-state index contributed by atoms with van der Waals surface area (Å²) in [5, 5.41) is 1.30. The van der Waals surface area contributed by atoms with Gasteiger partial charge in [-0.25, -0.2) is 4.98 Å². The average Bonchev–Trinajstić information content (AvgIpc) is 3.34. The summed E-state index contributed by atoms with van der Waals surface area (Å²) in [6, 6.07) is 13.3. The molecule has 0 unspecified atom stereocenters. The summed E-state index contributed by atoms with van der Waals surface area (Å²) in [6.07, 6.45) is 2.60. The molecule has 2 heterocycles. The molecule has 4 rings (SSSR count). The van der Waals surface area contributed by atoms with E-state index in [0.29, 0.717) is 10.8 Å². The minimum Gasteiger partial charge on any atom is -0.464 e. The summed E-state index contributed by atoms with van der Waals surface area (Å²) < 4.78 is 11.1. The van der Waals surface area contributed by atoms with Gasteiger partial charge in [0, 0.05) is 10.9 Å². The number of hydrazine groups is 1. The Balaban J connectivity index is 1.27. The first-order valence-electron chi connectivity index (χ1n) is 9.17. The second-order valence-electron chi connectivity index (χ2n) is 6.45. The monoisotopic (exact) mass is 409 g/mol. The van der Waals surface area contributed by atoms with Gasteiger partial charge < -0.3 is 8.83 Å². The highest BCUT2D eigenvalue weighted by molar-refractivity contribution is 7.99. The zero-order chi connectivity index (χ0) is 20.2. The molecule has 2 N–H and O–H groups in total. The molecule has 4 aromatic rings. The smallest absolute Gasteiger partial charge is 0.257 e. The van der Waals surface area contributed by atoms with Gasteiger partial charge in [-0.15, -0.1) is 0 Å². The zero-order valence-corrected chi connectivity index (χ0v) is 16.5. The standard InChI is InChI=1S/C21H19N3O4S/c1-2-13-7-8-15-14(11-27-18(15)9-13)10-19(25)23-24-20(26)12-29-21-22-16-5-3-4-6-17(16)28-21/h3-9,11H,2,10,12H2,1H3,(H,23,25)(H,24,26). The van der Waals surface area contributed by atoms with Crippen molar-refractivity contribution < 1.29 is 18.4 Å². The molecule has 2 amide bonds. The van der Waals surface area contributed by atoms with Crippen molar-refractivity contribution in [3.05, 3.63) is 59.9 Å². The topological polar surface area (TPSA) is 97.4 Å². The first-order valence-corrected chi connectivity index (χ1v) is 10.2. The molecule has 8 heteroatoms. The number of nitrogens with one attached hydrogen (secondary N) is 2. The molecule has 0 saturated heterocycles. The predicted octanol–water partition coefficient (Wildman–Crippen LogP) is 3.62. The summed E-state index contributed by atoms with van der Waals surface area (Å²) in [6.45, 7) is 2.07. The molecule has 0 aliphatic rings. The lowest BCUT2D eigenvalue weighted by Crippen LogP contribution is -2.43. The number of fused-ring (bicyclic) bond motifs is 2. The number of aryl methyl sites for hydroxylation is 1. The van der Waals surface area contributed by atoms with Gasteiger partial charge in [-0.1, -0.05) is 43.0 Å². The minimum atomic E-state index is -0.352. The molecule has 0 spiro atoms. The first-order chi connectivity index (χ1) is 14.1. The van der Waals surface area contributed by atoms with E-state index < -0.39 is 0 Å². The van der Waals surface area contributed by atoms with Gasteiger partial charge in [0.1, 0.15) is 11.1 Å². The molecule has 0 aliphatic heterocycles. The summed E-state index contributed by atoms with van der Waals surface area (Å²) in [5.41, 5.74) is 8.94. The van der Waals surface area contributed by atoms with Crippen LogP contribution < -0.4 is 10.9 Å². The molecule has 0 radical (unpaired) electrons. The maximum Gasteiger partial charge on any atom is 0.257 e. The molecular formula is C21H19N3O4S. The van der Waals surface area contributed by atoms with Crippen LogP contribution in [0.1, 0.15) is 18.1 Å². The van der Waals surface area contributed by atoms with Gasteiger partial charge in [0.05, 0.1) is 18.4 Å². The maximum atomic E-state index is 12.2. The van der Waals surface area contributed by atoms with Crippen LogP contribution in [0.25, 0.3) is 22.1 Å². The summed E-state index contributed by atoms with van der Waals surface area (Å²) in [5.74, 6) is -0.607. The molecule has 2 aromatic heterocycles. The molecule has 0 atom stereocenters. The molecule has 0 bridgehead atoms. The Bertz CT molecular complexity index is 1150. The van der Waals surface area contributed by atoms with Crippen molar-refractivity contribution >= 4 is 45.6 Å². The second-order valence-corrected chi connectivity index (χ2v) is 7.38.